The molecule has 1 spiro atoms. The quantitative estimate of drug-likeness (QED) is 0.213. The van der Waals surface area contributed by atoms with Gasteiger partial charge in [-0.3, -0.25) is 14.6 Å². The first kappa shape index (κ1) is 34.4. The van der Waals surface area contributed by atoms with Crippen molar-refractivity contribution < 1.29 is 18.7 Å². The summed E-state index contributed by atoms with van der Waals surface area (Å²) >= 11 is 0. The van der Waals surface area contributed by atoms with Gasteiger partial charge in [-0.25, -0.2) is 14.4 Å². The minimum Gasteiger partial charge on any atom is -0.368 e. The first-order valence-corrected chi connectivity index (χ1v) is 19.5. The van der Waals surface area contributed by atoms with Crippen molar-refractivity contribution in [2.75, 3.05) is 43.5 Å². The van der Waals surface area contributed by atoms with Gasteiger partial charge in [-0.1, -0.05) is 18.6 Å². The number of fused-ring (bicyclic) bond motifs is 3. The Labute approximate surface area is 309 Å². The second kappa shape index (κ2) is 13.2. The van der Waals surface area contributed by atoms with Crippen LogP contribution in [-0.2, 0) is 19.7 Å². The number of nitrogens with zero attached hydrogens (tertiary/aromatic N) is 7. The third-order valence-corrected chi connectivity index (χ3v) is 13.0. The number of pyridine rings is 2. The zero-order valence-corrected chi connectivity index (χ0v) is 31.0. The zero-order valence-electron chi connectivity index (χ0n) is 31.0. The van der Waals surface area contributed by atoms with Crippen molar-refractivity contribution in [1.29, 1.82) is 0 Å². The summed E-state index contributed by atoms with van der Waals surface area (Å²) < 4.78 is 22.7. The van der Waals surface area contributed by atoms with E-state index in [0.717, 1.165) is 73.0 Å². The highest BCUT2D eigenvalue weighted by Gasteiger charge is 2.57. The third-order valence-electron chi connectivity index (χ3n) is 13.0. The highest BCUT2D eigenvalue weighted by atomic mass is 19.1. The van der Waals surface area contributed by atoms with Crippen molar-refractivity contribution >= 4 is 40.0 Å². The highest BCUT2D eigenvalue weighted by Crippen LogP contribution is 2.52. The fourth-order valence-corrected chi connectivity index (χ4v) is 9.62. The Morgan fingerprint density at radius 1 is 0.981 bits per heavy atom. The van der Waals surface area contributed by atoms with Gasteiger partial charge in [-0.05, 0) is 108 Å². The van der Waals surface area contributed by atoms with E-state index >= 15 is 0 Å². The Hall–Kier alpha value is -4.42. The summed E-state index contributed by atoms with van der Waals surface area (Å²) in [5, 5.41) is 3.23. The minimum atomic E-state index is -0.700. The lowest BCUT2D eigenvalue weighted by Crippen LogP contribution is -2.60. The average molecular weight is 721 g/mol. The Morgan fingerprint density at radius 3 is 2.43 bits per heavy atom. The van der Waals surface area contributed by atoms with Gasteiger partial charge in [0.05, 0.1) is 34.8 Å². The molecule has 12 heteroatoms. The zero-order chi connectivity index (χ0) is 36.5. The number of halogens is 1. The number of methoxy groups -OCH3 is 1. The lowest BCUT2D eigenvalue weighted by molar-refractivity contribution is -0.168. The molecule has 0 bridgehead atoms. The molecule has 6 heterocycles. The number of hydrogen-bond acceptors (Lipinski definition) is 8. The van der Waals surface area contributed by atoms with Gasteiger partial charge in [0, 0.05) is 55.8 Å². The largest absolute Gasteiger partial charge is 0.368 e. The molecular formula is C41H49FN8O3. The van der Waals surface area contributed by atoms with Gasteiger partial charge >= 0.3 is 0 Å². The van der Waals surface area contributed by atoms with E-state index in [1.165, 1.54) is 25.5 Å². The Kier molecular flexibility index (Phi) is 8.53. The molecule has 4 aromatic rings. The summed E-state index contributed by atoms with van der Waals surface area (Å²) in [6, 6.07) is 10.6. The van der Waals surface area contributed by atoms with Crippen molar-refractivity contribution in [2.45, 2.75) is 107 Å². The maximum Gasteiger partial charge on any atom is 0.254 e. The minimum absolute atomic E-state index is 0.0692. The van der Waals surface area contributed by atoms with Crippen molar-refractivity contribution in [2.24, 2.45) is 0 Å². The topological polar surface area (TPSA) is 109 Å². The van der Waals surface area contributed by atoms with Crippen molar-refractivity contribution in [3.8, 4) is 11.3 Å². The smallest absolute Gasteiger partial charge is 0.254 e. The fraction of sp³-hybridized carbons (Fsp3) is 0.537. The number of imidazole rings is 1. The summed E-state index contributed by atoms with van der Waals surface area (Å²) in [4.78, 5) is 49.0. The van der Waals surface area contributed by atoms with Crippen LogP contribution in [-0.4, -0.2) is 92.1 Å². The molecule has 53 heavy (non-hydrogen) atoms. The number of ether oxygens (including phenoxy) is 1. The van der Waals surface area contributed by atoms with Crippen LogP contribution < -0.4 is 10.2 Å². The summed E-state index contributed by atoms with van der Waals surface area (Å²) in [6.45, 7) is 7.50. The predicted octanol–water partition coefficient (Wildman–Crippen LogP) is 6.75. The molecule has 1 N–H and O–H groups in total. The molecule has 2 saturated heterocycles. The molecular weight excluding hydrogens is 672 g/mol. The Morgan fingerprint density at radius 2 is 1.75 bits per heavy atom. The van der Waals surface area contributed by atoms with Gasteiger partial charge in [0.15, 0.2) is 11.6 Å². The van der Waals surface area contributed by atoms with Crippen LogP contribution in [0.5, 0.6) is 0 Å². The molecule has 0 unspecified atom stereocenters. The number of nitrogens with one attached hydrogen (secondary N) is 1. The van der Waals surface area contributed by atoms with Gasteiger partial charge in [0.2, 0.25) is 5.91 Å². The molecule has 0 radical (unpaired) electrons. The van der Waals surface area contributed by atoms with Crippen LogP contribution in [0.1, 0.15) is 89.7 Å². The number of hydrogen-bond donors (Lipinski definition) is 1. The summed E-state index contributed by atoms with van der Waals surface area (Å²) in [7, 11) is 1.64. The standard InChI is InChI=1S/C41H49FN8O3/c1-26(2)49-25-44-34-23-33(46-37(36(34)49)45-32-10-15-43-24-31(32)42)27-8-9-30-35(20-27)50(29-21-28(22-29)47-16-5-4-6-17-47)38(51)40(30)13-18-48(19-14-40)39(52)41(53-3)11-7-12-41/h8-10,15,20,23-26,28-29H,4-7,11-14,16-19,21-22H2,1-3H3,(H,43,45,46). The number of rotatable bonds is 8. The van der Waals surface area contributed by atoms with E-state index < -0.39 is 16.8 Å². The van der Waals surface area contributed by atoms with Crippen LogP contribution in [0, 0.1) is 5.82 Å². The van der Waals surface area contributed by atoms with Crippen molar-refractivity contribution in [3.05, 3.63) is 60.4 Å². The summed E-state index contributed by atoms with van der Waals surface area (Å²) in [6.07, 6.45) is 14.0. The molecule has 5 aliphatic rings. The maximum atomic E-state index is 14.9. The number of amides is 2. The molecule has 2 amide bonds. The Balaban J connectivity index is 1.08. The monoisotopic (exact) mass is 720 g/mol. The SMILES string of the molecule is COC1(C(=O)N2CCC3(CC2)C(=O)N(C2CC(N4CCCCC4)C2)c2cc(-c4cc5ncn(C(C)C)c5c(Nc5ccncc5F)n4)ccc23)CCC1. The number of likely N-dealkylation sites (tertiary alicyclic amines) is 2. The molecule has 0 atom stereocenters. The first-order chi connectivity index (χ1) is 25.7. The molecule has 3 aromatic heterocycles. The van der Waals surface area contributed by atoms with E-state index in [1.807, 2.05) is 15.5 Å². The molecule has 2 aliphatic carbocycles. The van der Waals surface area contributed by atoms with Gasteiger partial charge in [0.1, 0.15) is 11.1 Å². The second-order valence-electron chi connectivity index (χ2n) is 16.2. The van der Waals surface area contributed by atoms with Gasteiger partial charge < -0.3 is 29.3 Å². The van der Waals surface area contributed by atoms with Crippen LogP contribution in [0.25, 0.3) is 22.3 Å². The van der Waals surface area contributed by atoms with Crippen LogP contribution >= 0.6 is 0 Å². The molecule has 4 fully saturated rings. The van der Waals surface area contributed by atoms with Gasteiger partial charge in [-0.15, -0.1) is 0 Å². The van der Waals surface area contributed by atoms with Crippen molar-refractivity contribution in [1.82, 2.24) is 29.3 Å². The fourth-order valence-electron chi connectivity index (χ4n) is 9.62. The first-order valence-electron chi connectivity index (χ1n) is 19.5. The van der Waals surface area contributed by atoms with Crippen molar-refractivity contribution in [3.63, 3.8) is 0 Å². The lowest BCUT2D eigenvalue weighted by Gasteiger charge is -2.48. The maximum absolute atomic E-state index is 14.9. The van der Waals surface area contributed by atoms with Gasteiger partial charge in [-0.2, -0.15) is 0 Å². The van der Waals surface area contributed by atoms with E-state index in [1.54, 1.807) is 25.7 Å². The second-order valence-corrected chi connectivity index (χ2v) is 16.2. The molecule has 1 aromatic carbocycles. The third kappa shape index (κ3) is 5.54. The van der Waals surface area contributed by atoms with Crippen LogP contribution in [0.15, 0.2) is 49.1 Å². The van der Waals surface area contributed by atoms with E-state index in [4.69, 9.17) is 14.7 Å². The number of anilines is 3. The number of piperidine rings is 2. The number of carbonyl (C=O) groups is 2. The lowest BCUT2D eigenvalue weighted by atomic mass is 9.72. The average Bonchev–Trinajstić information content (AvgIpc) is 3.67. The summed E-state index contributed by atoms with van der Waals surface area (Å²) in [5.74, 6) is 0.263. The number of benzene rings is 1. The predicted molar refractivity (Wildman–Crippen MR) is 202 cm³/mol. The Bertz CT molecular complexity index is 2050. The number of carbonyl (C=O) groups excluding carboxylic acids is 2. The van der Waals surface area contributed by atoms with Crippen LogP contribution in [0.3, 0.4) is 0 Å². The molecule has 278 valence electrons. The van der Waals surface area contributed by atoms with E-state index in [9.17, 15) is 14.0 Å². The van der Waals surface area contributed by atoms with E-state index in [2.05, 4.69) is 52.1 Å². The highest BCUT2D eigenvalue weighted by molar-refractivity contribution is 6.09. The van der Waals surface area contributed by atoms with E-state index in [-0.39, 0.29) is 29.6 Å². The molecule has 11 nitrogen and oxygen atoms in total. The van der Waals surface area contributed by atoms with Crippen LogP contribution in [0.4, 0.5) is 21.6 Å². The molecule has 2 saturated carbocycles. The molecule has 9 rings (SSSR count). The number of aromatic nitrogens is 4. The van der Waals surface area contributed by atoms with Crippen LogP contribution in [0.2, 0.25) is 0 Å². The molecule has 3 aliphatic heterocycles. The summed E-state index contributed by atoms with van der Waals surface area (Å²) in [5.41, 5.74) is 3.98. The normalized spacial score (nSPS) is 23.7. The van der Waals surface area contributed by atoms with Gasteiger partial charge in [0.25, 0.3) is 5.91 Å². The van der Waals surface area contributed by atoms with E-state index in [0.29, 0.717) is 43.5 Å².